The molecule has 2 unspecified atom stereocenters. The summed E-state index contributed by atoms with van der Waals surface area (Å²) in [5, 5.41) is 6.84. The van der Waals surface area contributed by atoms with E-state index in [-0.39, 0.29) is 17.6 Å². The van der Waals surface area contributed by atoms with Crippen molar-refractivity contribution in [1.82, 2.24) is 10.5 Å². The van der Waals surface area contributed by atoms with Gasteiger partial charge in [-0.3, -0.25) is 4.79 Å². The molecular weight excluding hydrogens is 310 g/mol. The molecule has 3 N–H and O–H groups in total. The Hall–Kier alpha value is -1.37. The molecule has 5 nitrogen and oxygen atoms in total. The minimum Gasteiger partial charge on any atom is -0.355 e. The van der Waals surface area contributed by atoms with Crippen LogP contribution in [0.5, 0.6) is 0 Å². The third-order valence-electron chi connectivity index (χ3n) is 3.84. The van der Waals surface area contributed by atoms with Crippen molar-refractivity contribution in [1.29, 1.82) is 0 Å². The van der Waals surface area contributed by atoms with Crippen LogP contribution in [0.2, 0.25) is 4.34 Å². The molecule has 7 heteroatoms. The number of hydrogen-bond acceptors (Lipinski definition) is 5. The first kappa shape index (κ1) is 14.6. The van der Waals surface area contributed by atoms with E-state index in [2.05, 4.69) is 10.5 Å². The molecular formula is C14H16ClN3O2S. The molecule has 1 aliphatic carbocycles. The highest BCUT2D eigenvalue weighted by Crippen LogP contribution is 2.31. The molecule has 1 fully saturated rings. The topological polar surface area (TPSA) is 81.1 Å². The van der Waals surface area contributed by atoms with Crippen LogP contribution in [-0.2, 0) is 0 Å². The molecule has 2 heterocycles. The van der Waals surface area contributed by atoms with Crippen molar-refractivity contribution in [2.75, 3.05) is 6.54 Å². The number of carbonyl (C=O) groups is 1. The van der Waals surface area contributed by atoms with Gasteiger partial charge in [-0.05, 0) is 37.4 Å². The van der Waals surface area contributed by atoms with E-state index in [4.69, 9.17) is 21.9 Å². The second-order valence-electron chi connectivity index (χ2n) is 5.19. The number of rotatable bonds is 4. The maximum absolute atomic E-state index is 12.2. The predicted molar refractivity (Wildman–Crippen MR) is 82.5 cm³/mol. The van der Waals surface area contributed by atoms with Gasteiger partial charge in [-0.1, -0.05) is 23.2 Å². The molecule has 0 saturated heterocycles. The van der Waals surface area contributed by atoms with Gasteiger partial charge in [0.2, 0.25) is 0 Å². The molecule has 0 spiro atoms. The van der Waals surface area contributed by atoms with Crippen molar-refractivity contribution in [3.63, 3.8) is 0 Å². The Morgan fingerprint density at radius 1 is 1.52 bits per heavy atom. The molecule has 0 aromatic carbocycles. The maximum atomic E-state index is 12.2. The van der Waals surface area contributed by atoms with Crippen molar-refractivity contribution in [3.8, 4) is 10.6 Å². The fourth-order valence-corrected chi connectivity index (χ4v) is 3.69. The SMILES string of the molecule is NCC1CCCC1NC(=O)c1cc(-c2ccc(Cl)s2)on1. The quantitative estimate of drug-likeness (QED) is 0.905. The number of aromatic nitrogens is 1. The number of nitrogens with two attached hydrogens (primary N) is 1. The summed E-state index contributed by atoms with van der Waals surface area (Å²) in [5.74, 6) is 0.702. The molecule has 2 aromatic rings. The van der Waals surface area contributed by atoms with E-state index in [0.29, 0.717) is 22.6 Å². The first-order chi connectivity index (χ1) is 10.2. The number of nitrogens with one attached hydrogen (secondary N) is 1. The highest BCUT2D eigenvalue weighted by atomic mass is 35.5. The van der Waals surface area contributed by atoms with Gasteiger partial charge in [-0.2, -0.15) is 0 Å². The normalized spacial score (nSPS) is 21.6. The summed E-state index contributed by atoms with van der Waals surface area (Å²) in [6.07, 6.45) is 3.14. The van der Waals surface area contributed by atoms with Crippen LogP contribution in [0.25, 0.3) is 10.6 Å². The summed E-state index contributed by atoms with van der Waals surface area (Å²) >= 11 is 7.28. The van der Waals surface area contributed by atoms with Crippen LogP contribution in [0.3, 0.4) is 0 Å². The Morgan fingerprint density at radius 2 is 2.38 bits per heavy atom. The van der Waals surface area contributed by atoms with E-state index >= 15 is 0 Å². The molecule has 2 atom stereocenters. The van der Waals surface area contributed by atoms with E-state index in [0.717, 1.165) is 24.1 Å². The Labute approximate surface area is 131 Å². The van der Waals surface area contributed by atoms with Gasteiger partial charge in [-0.15, -0.1) is 11.3 Å². The maximum Gasteiger partial charge on any atom is 0.273 e. The van der Waals surface area contributed by atoms with Gasteiger partial charge in [0.05, 0.1) is 9.21 Å². The van der Waals surface area contributed by atoms with E-state index in [1.807, 2.05) is 6.07 Å². The first-order valence-corrected chi connectivity index (χ1v) is 8.10. The fraction of sp³-hybridized carbons (Fsp3) is 0.429. The monoisotopic (exact) mass is 325 g/mol. The second-order valence-corrected chi connectivity index (χ2v) is 6.90. The van der Waals surface area contributed by atoms with Crippen LogP contribution in [0, 0.1) is 5.92 Å². The Morgan fingerprint density at radius 3 is 3.10 bits per heavy atom. The second kappa shape index (κ2) is 6.17. The molecule has 21 heavy (non-hydrogen) atoms. The average molecular weight is 326 g/mol. The van der Waals surface area contributed by atoms with Crippen LogP contribution in [0.4, 0.5) is 0 Å². The zero-order valence-corrected chi connectivity index (χ0v) is 12.9. The summed E-state index contributed by atoms with van der Waals surface area (Å²) in [5.41, 5.74) is 6.01. The average Bonchev–Trinajstić information content (AvgIpc) is 3.17. The highest BCUT2D eigenvalue weighted by Gasteiger charge is 2.28. The van der Waals surface area contributed by atoms with E-state index in [1.54, 1.807) is 12.1 Å². The van der Waals surface area contributed by atoms with Gasteiger partial charge >= 0.3 is 0 Å². The molecule has 0 radical (unpaired) electrons. The summed E-state index contributed by atoms with van der Waals surface area (Å²) in [6, 6.07) is 5.41. The largest absolute Gasteiger partial charge is 0.355 e. The lowest BCUT2D eigenvalue weighted by molar-refractivity contribution is 0.0919. The van der Waals surface area contributed by atoms with Crippen LogP contribution in [-0.4, -0.2) is 23.7 Å². The number of halogens is 1. The van der Waals surface area contributed by atoms with Crippen LogP contribution < -0.4 is 11.1 Å². The molecule has 2 aromatic heterocycles. The summed E-state index contributed by atoms with van der Waals surface area (Å²) < 4.78 is 5.89. The van der Waals surface area contributed by atoms with Crippen molar-refractivity contribution in [2.24, 2.45) is 11.7 Å². The van der Waals surface area contributed by atoms with Crippen molar-refractivity contribution < 1.29 is 9.32 Å². The van der Waals surface area contributed by atoms with Crippen LogP contribution in [0.15, 0.2) is 22.7 Å². The summed E-state index contributed by atoms with van der Waals surface area (Å²) in [4.78, 5) is 13.1. The van der Waals surface area contributed by atoms with Gasteiger partial charge in [0.25, 0.3) is 5.91 Å². The van der Waals surface area contributed by atoms with E-state index < -0.39 is 0 Å². The lowest BCUT2D eigenvalue weighted by Gasteiger charge is -2.18. The smallest absolute Gasteiger partial charge is 0.273 e. The molecule has 1 amide bonds. The zero-order chi connectivity index (χ0) is 14.8. The Balaban J connectivity index is 1.69. The molecule has 1 aliphatic rings. The zero-order valence-electron chi connectivity index (χ0n) is 11.3. The molecule has 0 bridgehead atoms. The standard InChI is InChI=1S/C14H16ClN3O2S/c15-13-5-4-12(21-13)11-6-10(18-20-11)14(19)17-9-3-1-2-8(9)7-16/h4-6,8-9H,1-3,7,16H2,(H,17,19). The molecule has 1 saturated carbocycles. The van der Waals surface area contributed by atoms with Crippen molar-refractivity contribution in [3.05, 3.63) is 28.2 Å². The fourth-order valence-electron chi connectivity index (χ4n) is 2.70. The van der Waals surface area contributed by atoms with Gasteiger partial charge in [0, 0.05) is 12.1 Å². The van der Waals surface area contributed by atoms with Gasteiger partial charge in [0.1, 0.15) is 0 Å². The number of thiophene rings is 1. The van der Waals surface area contributed by atoms with E-state index in [1.165, 1.54) is 11.3 Å². The number of nitrogens with zero attached hydrogens (tertiary/aromatic N) is 1. The lowest BCUT2D eigenvalue weighted by atomic mass is 10.0. The molecule has 3 rings (SSSR count). The number of carbonyl (C=O) groups excluding carboxylic acids is 1. The highest BCUT2D eigenvalue weighted by molar-refractivity contribution is 7.19. The van der Waals surface area contributed by atoms with Crippen molar-refractivity contribution >= 4 is 28.8 Å². The third-order valence-corrected chi connectivity index (χ3v) is 5.08. The molecule has 0 aliphatic heterocycles. The lowest BCUT2D eigenvalue weighted by Crippen LogP contribution is -2.39. The number of hydrogen-bond donors (Lipinski definition) is 2. The first-order valence-electron chi connectivity index (χ1n) is 6.90. The predicted octanol–water partition coefficient (Wildman–Crippen LogP) is 2.91. The van der Waals surface area contributed by atoms with Crippen molar-refractivity contribution in [2.45, 2.75) is 25.3 Å². The van der Waals surface area contributed by atoms with E-state index in [9.17, 15) is 4.79 Å². The van der Waals surface area contributed by atoms with Gasteiger partial charge in [-0.25, -0.2) is 0 Å². The Bertz CT molecular complexity index is 640. The molecule has 112 valence electrons. The van der Waals surface area contributed by atoms with Crippen LogP contribution >= 0.6 is 22.9 Å². The van der Waals surface area contributed by atoms with Gasteiger partial charge < -0.3 is 15.6 Å². The minimum absolute atomic E-state index is 0.138. The summed E-state index contributed by atoms with van der Waals surface area (Å²) in [7, 11) is 0. The minimum atomic E-state index is -0.210. The number of amides is 1. The van der Waals surface area contributed by atoms with Crippen LogP contribution in [0.1, 0.15) is 29.8 Å². The summed E-state index contributed by atoms with van der Waals surface area (Å²) in [6.45, 7) is 0.600. The third kappa shape index (κ3) is 3.12. The Kier molecular flexibility index (Phi) is 4.28. The van der Waals surface area contributed by atoms with Gasteiger partial charge in [0.15, 0.2) is 11.5 Å².